The van der Waals surface area contributed by atoms with Crippen LogP contribution in [0.25, 0.3) is 0 Å². The largest absolute Gasteiger partial charge is 0.335 e. The van der Waals surface area contributed by atoms with Crippen molar-refractivity contribution in [3.63, 3.8) is 0 Å². The fourth-order valence-electron chi connectivity index (χ4n) is 2.01. The van der Waals surface area contributed by atoms with E-state index >= 15 is 0 Å². The molecule has 1 aliphatic rings. The van der Waals surface area contributed by atoms with Gasteiger partial charge in [0.1, 0.15) is 10.7 Å². The number of nitrogens with two attached hydrogens (primary N) is 1. The van der Waals surface area contributed by atoms with Gasteiger partial charge in [0.15, 0.2) is 0 Å². The van der Waals surface area contributed by atoms with Gasteiger partial charge in [-0.15, -0.1) is 11.3 Å². The number of thioether (sulfide) groups is 1. The summed E-state index contributed by atoms with van der Waals surface area (Å²) in [7, 11) is 0. The predicted molar refractivity (Wildman–Crippen MR) is 72.4 cm³/mol. The molecule has 1 fully saturated rings. The van der Waals surface area contributed by atoms with Gasteiger partial charge >= 0.3 is 0 Å². The second kappa shape index (κ2) is 5.37. The minimum atomic E-state index is 0.0416. The van der Waals surface area contributed by atoms with E-state index in [1.54, 1.807) is 0 Å². The molecule has 2 N–H and O–H groups in total. The number of carbonyl (C=O) groups is 1. The van der Waals surface area contributed by atoms with E-state index in [2.05, 4.69) is 18.8 Å². The Balaban J connectivity index is 2.08. The predicted octanol–water partition coefficient (Wildman–Crippen LogP) is 1.57. The molecule has 1 aromatic heterocycles. The Hall–Kier alpha value is -0.590. The number of carbonyl (C=O) groups excluding carboxylic acids is 1. The second-order valence-electron chi connectivity index (χ2n) is 4.30. The molecule has 4 nitrogen and oxygen atoms in total. The lowest BCUT2D eigenvalue weighted by atomic mass is 10.3. The van der Waals surface area contributed by atoms with Gasteiger partial charge in [-0.1, -0.05) is 13.8 Å². The van der Waals surface area contributed by atoms with Crippen molar-refractivity contribution in [1.82, 2.24) is 9.88 Å². The van der Waals surface area contributed by atoms with E-state index in [-0.39, 0.29) is 5.91 Å². The van der Waals surface area contributed by atoms with Gasteiger partial charge in [0.2, 0.25) is 0 Å². The molecule has 2 heterocycles. The monoisotopic (exact) mass is 271 g/mol. The maximum Gasteiger partial charge on any atom is 0.273 e. The molecule has 2 atom stereocenters. The van der Waals surface area contributed by atoms with Crippen LogP contribution < -0.4 is 5.73 Å². The van der Waals surface area contributed by atoms with E-state index in [9.17, 15) is 4.79 Å². The molecule has 1 aromatic rings. The molecule has 2 unspecified atom stereocenters. The highest BCUT2D eigenvalue weighted by Gasteiger charge is 2.27. The minimum Gasteiger partial charge on any atom is -0.335 e. The molecule has 0 aliphatic carbocycles. The molecule has 0 aromatic carbocycles. The Morgan fingerprint density at radius 2 is 2.18 bits per heavy atom. The topological polar surface area (TPSA) is 59.2 Å². The first kappa shape index (κ1) is 12.9. The number of rotatable bonds is 2. The molecule has 0 radical (unpaired) electrons. The Bertz CT molecular complexity index is 397. The summed E-state index contributed by atoms with van der Waals surface area (Å²) in [5, 5.41) is 3.62. The molecule has 1 aliphatic heterocycles. The number of hydrogen-bond acceptors (Lipinski definition) is 5. The van der Waals surface area contributed by atoms with Crippen molar-refractivity contribution in [2.75, 3.05) is 13.1 Å². The number of hydrogen-bond donors (Lipinski definition) is 1. The summed E-state index contributed by atoms with van der Waals surface area (Å²) >= 11 is 3.39. The van der Waals surface area contributed by atoms with Gasteiger partial charge in [-0.3, -0.25) is 4.79 Å². The maximum atomic E-state index is 12.2. The summed E-state index contributed by atoms with van der Waals surface area (Å²) < 4.78 is 0. The minimum absolute atomic E-state index is 0.0416. The van der Waals surface area contributed by atoms with Gasteiger partial charge < -0.3 is 10.6 Å². The Kier molecular flexibility index (Phi) is 4.06. The first-order valence-electron chi connectivity index (χ1n) is 5.69. The third-order valence-corrected chi connectivity index (χ3v) is 4.75. The highest BCUT2D eigenvalue weighted by Crippen LogP contribution is 2.25. The van der Waals surface area contributed by atoms with Crippen LogP contribution in [0.15, 0.2) is 5.38 Å². The lowest BCUT2D eigenvalue weighted by Crippen LogP contribution is -2.44. The Morgan fingerprint density at radius 1 is 1.53 bits per heavy atom. The van der Waals surface area contributed by atoms with Gasteiger partial charge in [-0.2, -0.15) is 11.8 Å². The number of thiazole rings is 1. The van der Waals surface area contributed by atoms with Crippen LogP contribution in [0.2, 0.25) is 0 Å². The summed E-state index contributed by atoms with van der Waals surface area (Å²) in [5.74, 6) is 0.0416. The first-order valence-corrected chi connectivity index (χ1v) is 7.51. The van der Waals surface area contributed by atoms with Gasteiger partial charge in [0.25, 0.3) is 5.91 Å². The zero-order valence-electron chi connectivity index (χ0n) is 10.0. The molecular formula is C11H17N3OS2. The molecule has 6 heteroatoms. The van der Waals surface area contributed by atoms with Crippen molar-refractivity contribution in [3.8, 4) is 0 Å². The molecule has 17 heavy (non-hydrogen) atoms. The average Bonchev–Trinajstić information content (AvgIpc) is 2.75. The average molecular weight is 271 g/mol. The van der Waals surface area contributed by atoms with Crippen molar-refractivity contribution in [2.45, 2.75) is 30.9 Å². The van der Waals surface area contributed by atoms with E-state index in [0.29, 0.717) is 22.7 Å². The molecule has 0 saturated carbocycles. The fourth-order valence-corrected chi connectivity index (χ4v) is 3.98. The van der Waals surface area contributed by atoms with Gasteiger partial charge in [-0.05, 0) is 0 Å². The van der Waals surface area contributed by atoms with Crippen LogP contribution in [0.1, 0.15) is 29.3 Å². The Morgan fingerprint density at radius 3 is 2.71 bits per heavy atom. The standard InChI is InChI=1S/C11H17N3OS2/c1-7-4-14(5-8(2)17-7)11(15)9-6-16-10(3-12)13-9/h6-8H,3-5,12H2,1-2H3. The summed E-state index contributed by atoms with van der Waals surface area (Å²) in [5.41, 5.74) is 6.05. The summed E-state index contributed by atoms with van der Waals surface area (Å²) in [6.07, 6.45) is 0. The van der Waals surface area contributed by atoms with Crippen LogP contribution in [0.3, 0.4) is 0 Å². The quantitative estimate of drug-likeness (QED) is 0.887. The normalized spacial score (nSPS) is 25.0. The first-order chi connectivity index (χ1) is 8.10. The van der Waals surface area contributed by atoms with Crippen molar-refractivity contribution in [3.05, 3.63) is 16.1 Å². The zero-order chi connectivity index (χ0) is 12.4. The van der Waals surface area contributed by atoms with E-state index in [1.807, 2.05) is 22.0 Å². The van der Waals surface area contributed by atoms with Gasteiger partial charge in [0, 0.05) is 35.5 Å². The van der Waals surface area contributed by atoms with Crippen molar-refractivity contribution in [1.29, 1.82) is 0 Å². The number of aromatic nitrogens is 1. The van der Waals surface area contributed by atoms with E-state index in [0.717, 1.165) is 18.1 Å². The van der Waals surface area contributed by atoms with Crippen LogP contribution in [0.4, 0.5) is 0 Å². The lowest BCUT2D eigenvalue weighted by Gasteiger charge is -2.34. The smallest absolute Gasteiger partial charge is 0.273 e. The lowest BCUT2D eigenvalue weighted by molar-refractivity contribution is 0.0748. The van der Waals surface area contributed by atoms with E-state index in [4.69, 9.17) is 5.73 Å². The van der Waals surface area contributed by atoms with Crippen LogP contribution in [0, 0.1) is 0 Å². The van der Waals surface area contributed by atoms with Crippen molar-refractivity contribution in [2.24, 2.45) is 5.73 Å². The van der Waals surface area contributed by atoms with Gasteiger partial charge in [-0.25, -0.2) is 4.98 Å². The molecular weight excluding hydrogens is 254 g/mol. The highest BCUT2D eigenvalue weighted by molar-refractivity contribution is 8.00. The summed E-state index contributed by atoms with van der Waals surface area (Å²) in [6.45, 7) is 6.34. The van der Waals surface area contributed by atoms with Gasteiger partial charge in [0.05, 0.1) is 0 Å². The second-order valence-corrected chi connectivity index (χ2v) is 7.12. The van der Waals surface area contributed by atoms with E-state index < -0.39 is 0 Å². The maximum absolute atomic E-state index is 12.2. The molecule has 94 valence electrons. The molecule has 2 rings (SSSR count). The molecule has 1 saturated heterocycles. The van der Waals surface area contributed by atoms with E-state index in [1.165, 1.54) is 11.3 Å². The van der Waals surface area contributed by atoms with Crippen molar-refractivity contribution >= 4 is 29.0 Å². The van der Waals surface area contributed by atoms with Crippen LogP contribution in [-0.2, 0) is 6.54 Å². The summed E-state index contributed by atoms with van der Waals surface area (Å²) in [4.78, 5) is 18.4. The summed E-state index contributed by atoms with van der Waals surface area (Å²) in [6, 6.07) is 0. The van der Waals surface area contributed by atoms with Crippen LogP contribution in [0.5, 0.6) is 0 Å². The Labute approximate surface area is 110 Å². The number of amides is 1. The third-order valence-electron chi connectivity index (χ3n) is 2.65. The molecule has 1 amide bonds. The van der Waals surface area contributed by atoms with Crippen LogP contribution in [-0.4, -0.2) is 39.4 Å². The third kappa shape index (κ3) is 3.00. The van der Waals surface area contributed by atoms with Crippen LogP contribution >= 0.6 is 23.1 Å². The molecule has 0 spiro atoms. The van der Waals surface area contributed by atoms with Crippen molar-refractivity contribution < 1.29 is 4.79 Å². The fraction of sp³-hybridized carbons (Fsp3) is 0.636. The highest BCUT2D eigenvalue weighted by atomic mass is 32.2. The SMILES string of the molecule is CC1CN(C(=O)c2csc(CN)n2)CC(C)S1. The number of nitrogens with zero attached hydrogens (tertiary/aromatic N) is 2. The molecule has 0 bridgehead atoms. The zero-order valence-corrected chi connectivity index (χ0v) is 11.7.